The van der Waals surface area contributed by atoms with Crippen molar-refractivity contribution in [2.24, 2.45) is 0 Å². The molecule has 0 bridgehead atoms. The summed E-state index contributed by atoms with van der Waals surface area (Å²) in [6.45, 7) is 3.19. The number of carbonyl (C=O) groups excluding carboxylic acids is 2. The van der Waals surface area contributed by atoms with Crippen molar-refractivity contribution >= 4 is 62.3 Å². The monoisotopic (exact) mass is 625 g/mol. The van der Waals surface area contributed by atoms with Crippen molar-refractivity contribution in [3.8, 4) is 5.75 Å². The van der Waals surface area contributed by atoms with Gasteiger partial charge < -0.3 is 15.0 Å². The lowest BCUT2D eigenvalue weighted by molar-refractivity contribution is -0.140. The first-order chi connectivity index (χ1) is 19.0. The highest BCUT2D eigenvalue weighted by molar-refractivity contribution is 7.92. The summed E-state index contributed by atoms with van der Waals surface area (Å²) >= 11 is 18.7. The van der Waals surface area contributed by atoms with E-state index < -0.39 is 28.5 Å². The fourth-order valence-corrected chi connectivity index (χ4v) is 6.21. The van der Waals surface area contributed by atoms with Crippen molar-refractivity contribution in [2.75, 3.05) is 24.5 Å². The van der Waals surface area contributed by atoms with Crippen LogP contribution in [0.25, 0.3) is 0 Å². The van der Waals surface area contributed by atoms with Crippen molar-refractivity contribution < 1.29 is 22.7 Å². The lowest BCUT2D eigenvalue weighted by Gasteiger charge is -2.33. The van der Waals surface area contributed by atoms with Crippen LogP contribution in [0, 0.1) is 0 Å². The maximum atomic E-state index is 14.1. The zero-order valence-corrected chi connectivity index (χ0v) is 25.3. The molecule has 0 radical (unpaired) electrons. The van der Waals surface area contributed by atoms with Crippen LogP contribution in [0.3, 0.4) is 0 Å². The first-order valence-electron chi connectivity index (χ1n) is 12.5. The molecule has 0 aliphatic heterocycles. The Morgan fingerprint density at radius 3 is 2.20 bits per heavy atom. The maximum absolute atomic E-state index is 14.1. The molecule has 0 saturated carbocycles. The van der Waals surface area contributed by atoms with E-state index in [9.17, 15) is 18.0 Å². The Bertz CT molecular complexity index is 1450. The summed E-state index contributed by atoms with van der Waals surface area (Å²) in [5.74, 6) is -0.813. The number of benzene rings is 3. The molecule has 214 valence electrons. The quantitative estimate of drug-likeness (QED) is 0.274. The molecule has 12 heteroatoms. The molecule has 0 unspecified atom stereocenters. The van der Waals surface area contributed by atoms with E-state index in [-0.39, 0.29) is 40.2 Å². The van der Waals surface area contributed by atoms with E-state index in [1.165, 1.54) is 42.3 Å². The Labute approximate surface area is 249 Å². The topological polar surface area (TPSA) is 96.0 Å². The molecule has 2 amide bonds. The summed E-state index contributed by atoms with van der Waals surface area (Å²) in [4.78, 5) is 28.4. The van der Waals surface area contributed by atoms with Crippen molar-refractivity contribution in [2.45, 2.75) is 37.8 Å². The normalized spacial score (nSPS) is 11.9. The third kappa shape index (κ3) is 7.40. The summed E-state index contributed by atoms with van der Waals surface area (Å²) < 4.78 is 34.2. The summed E-state index contributed by atoms with van der Waals surface area (Å²) in [7, 11) is -2.89. The minimum Gasteiger partial charge on any atom is -0.495 e. The summed E-state index contributed by atoms with van der Waals surface area (Å²) in [6.07, 6.45) is 0.273. The predicted molar refractivity (Wildman–Crippen MR) is 159 cm³/mol. The van der Waals surface area contributed by atoms with E-state index in [1.54, 1.807) is 50.2 Å². The van der Waals surface area contributed by atoms with E-state index >= 15 is 0 Å². The number of nitrogens with one attached hydrogen (secondary N) is 1. The Hall–Kier alpha value is -2.98. The molecule has 40 heavy (non-hydrogen) atoms. The minimum atomic E-state index is -4.28. The van der Waals surface area contributed by atoms with Crippen LogP contribution in [0.5, 0.6) is 5.75 Å². The van der Waals surface area contributed by atoms with Gasteiger partial charge in [0.25, 0.3) is 10.0 Å². The van der Waals surface area contributed by atoms with Gasteiger partial charge in [0.05, 0.1) is 17.7 Å². The number of ether oxygens (including phenoxy) is 1. The molecule has 0 aliphatic rings. The van der Waals surface area contributed by atoms with E-state index in [0.29, 0.717) is 22.2 Å². The molecule has 0 heterocycles. The number of hydrogen-bond acceptors (Lipinski definition) is 5. The first-order valence-corrected chi connectivity index (χ1v) is 15.0. The Kier molecular flexibility index (Phi) is 11.1. The van der Waals surface area contributed by atoms with Gasteiger partial charge in [0.2, 0.25) is 11.8 Å². The van der Waals surface area contributed by atoms with Crippen LogP contribution in [-0.4, -0.2) is 51.4 Å². The number of halogens is 3. The van der Waals surface area contributed by atoms with Gasteiger partial charge in [-0.1, -0.05) is 66.0 Å². The van der Waals surface area contributed by atoms with Gasteiger partial charge in [0.15, 0.2) is 0 Å². The average molecular weight is 627 g/mol. The zero-order valence-electron chi connectivity index (χ0n) is 22.2. The molecule has 3 aromatic rings. The van der Waals surface area contributed by atoms with Gasteiger partial charge in [-0.25, -0.2) is 8.42 Å². The summed E-state index contributed by atoms with van der Waals surface area (Å²) in [5.41, 5.74) is 0.614. The van der Waals surface area contributed by atoms with Gasteiger partial charge in [-0.05, 0) is 61.4 Å². The third-order valence-corrected chi connectivity index (χ3v) is 8.71. The summed E-state index contributed by atoms with van der Waals surface area (Å²) in [6, 6.07) is 16.1. The lowest BCUT2D eigenvalue weighted by atomic mass is 10.1. The number of amides is 2. The van der Waals surface area contributed by atoms with E-state index in [1.807, 2.05) is 0 Å². The first kappa shape index (κ1) is 31.5. The van der Waals surface area contributed by atoms with Gasteiger partial charge in [-0.15, -0.1) is 0 Å². The zero-order chi connectivity index (χ0) is 29.4. The van der Waals surface area contributed by atoms with E-state index in [2.05, 4.69) is 5.32 Å². The van der Waals surface area contributed by atoms with Gasteiger partial charge in [0, 0.05) is 28.2 Å². The van der Waals surface area contributed by atoms with E-state index in [0.717, 1.165) is 4.31 Å². The molecular weight excluding hydrogens is 597 g/mol. The number of sulfonamides is 1. The van der Waals surface area contributed by atoms with Crippen LogP contribution in [0.15, 0.2) is 71.6 Å². The highest BCUT2D eigenvalue weighted by Crippen LogP contribution is 2.35. The third-order valence-electron chi connectivity index (χ3n) is 6.11. The van der Waals surface area contributed by atoms with Gasteiger partial charge in [-0.3, -0.25) is 13.9 Å². The maximum Gasteiger partial charge on any atom is 0.264 e. The molecule has 1 N–H and O–H groups in total. The molecule has 3 rings (SSSR count). The SMILES string of the molecule is CCNC(=O)[C@H](CC)N(Cc1ccc(Cl)cc1Cl)C(=O)CN(c1cc(Cl)ccc1OC)S(=O)(=O)c1ccccc1. The summed E-state index contributed by atoms with van der Waals surface area (Å²) in [5, 5.41) is 3.72. The van der Waals surface area contributed by atoms with Crippen LogP contribution in [0.1, 0.15) is 25.8 Å². The highest BCUT2D eigenvalue weighted by atomic mass is 35.5. The van der Waals surface area contributed by atoms with Crippen LogP contribution in [0.4, 0.5) is 5.69 Å². The molecule has 0 fully saturated rings. The fourth-order valence-electron chi connectivity index (χ4n) is 4.14. The Morgan fingerprint density at radius 2 is 1.60 bits per heavy atom. The Morgan fingerprint density at radius 1 is 0.950 bits per heavy atom. The van der Waals surface area contributed by atoms with Crippen molar-refractivity contribution in [3.05, 3.63) is 87.4 Å². The molecular formula is C28H30Cl3N3O5S. The number of likely N-dealkylation sites (N-methyl/N-ethyl adjacent to an activating group) is 1. The number of nitrogens with zero attached hydrogens (tertiary/aromatic N) is 2. The number of hydrogen-bond donors (Lipinski definition) is 1. The highest BCUT2D eigenvalue weighted by Gasteiger charge is 2.35. The second-order valence-electron chi connectivity index (χ2n) is 8.72. The second-order valence-corrected chi connectivity index (χ2v) is 11.9. The predicted octanol–water partition coefficient (Wildman–Crippen LogP) is 5.79. The van der Waals surface area contributed by atoms with Crippen molar-refractivity contribution in [3.63, 3.8) is 0 Å². The second kappa shape index (κ2) is 14.1. The lowest BCUT2D eigenvalue weighted by Crippen LogP contribution is -2.52. The molecule has 0 saturated heterocycles. The molecule has 8 nitrogen and oxygen atoms in total. The van der Waals surface area contributed by atoms with Crippen molar-refractivity contribution in [1.29, 1.82) is 0 Å². The van der Waals surface area contributed by atoms with Crippen LogP contribution >= 0.6 is 34.8 Å². The van der Waals surface area contributed by atoms with Crippen LogP contribution in [-0.2, 0) is 26.2 Å². The molecule has 0 aromatic heterocycles. The number of methoxy groups -OCH3 is 1. The molecule has 0 aliphatic carbocycles. The standard InChI is InChI=1S/C28H30Cl3N3O5S/c1-4-24(28(36)32-5-2)33(17-19-11-12-20(29)15-23(19)31)27(35)18-34(25-16-21(30)13-14-26(25)39-3)40(37,38)22-9-7-6-8-10-22/h6-16,24H,4-5,17-18H2,1-3H3,(H,32,36)/t24-/m0/s1. The number of carbonyl (C=O) groups is 2. The molecule has 3 aromatic carbocycles. The van der Waals surface area contributed by atoms with Gasteiger partial charge in [-0.2, -0.15) is 0 Å². The van der Waals surface area contributed by atoms with E-state index in [4.69, 9.17) is 39.5 Å². The van der Waals surface area contributed by atoms with Gasteiger partial charge in [0.1, 0.15) is 18.3 Å². The molecule has 1 atom stereocenters. The average Bonchev–Trinajstić information content (AvgIpc) is 2.93. The van der Waals surface area contributed by atoms with Gasteiger partial charge >= 0.3 is 0 Å². The smallest absolute Gasteiger partial charge is 0.264 e. The van der Waals surface area contributed by atoms with Crippen LogP contribution < -0.4 is 14.4 Å². The fraction of sp³-hybridized carbons (Fsp3) is 0.286. The Balaban J connectivity index is 2.14. The molecule has 0 spiro atoms. The largest absolute Gasteiger partial charge is 0.495 e. The van der Waals surface area contributed by atoms with Crippen molar-refractivity contribution in [1.82, 2.24) is 10.2 Å². The number of anilines is 1. The minimum absolute atomic E-state index is 0.0344. The van der Waals surface area contributed by atoms with Crippen LogP contribution in [0.2, 0.25) is 15.1 Å². The number of rotatable bonds is 12.